The van der Waals surface area contributed by atoms with Crippen LogP contribution in [0.1, 0.15) is 37.1 Å². The first-order valence-corrected chi connectivity index (χ1v) is 9.86. The molecule has 7 heteroatoms. The lowest BCUT2D eigenvalue weighted by molar-refractivity contribution is 0.281. The second-order valence-electron chi connectivity index (χ2n) is 7.79. The number of anilines is 2. The average molecular weight is 411 g/mol. The van der Waals surface area contributed by atoms with Crippen LogP contribution in [-0.4, -0.2) is 27.2 Å². The molecule has 4 rings (SSSR count). The van der Waals surface area contributed by atoms with Gasteiger partial charge in [-0.15, -0.1) is 0 Å². The van der Waals surface area contributed by atoms with Crippen LogP contribution < -0.4 is 10.1 Å². The summed E-state index contributed by atoms with van der Waals surface area (Å²) in [7, 11) is 1.56. The zero-order valence-corrected chi connectivity index (χ0v) is 17.4. The zero-order valence-electron chi connectivity index (χ0n) is 16.7. The standard InChI is InChI=1S/C22H23ClN4O2/c1-22(2)6-4-18-15(22)8-13(11-25-18)17-5-7-24-21(26-17)27-19-10-16(23)14(12-28)9-20(19)29-3/h5,7-11,28H,4,6,12H2,1-3H3,(H,24,26,27). The van der Waals surface area contributed by atoms with E-state index in [-0.39, 0.29) is 12.0 Å². The second-order valence-corrected chi connectivity index (χ2v) is 8.20. The molecule has 0 bridgehead atoms. The van der Waals surface area contributed by atoms with Crippen molar-refractivity contribution in [2.45, 2.75) is 38.7 Å². The predicted molar refractivity (Wildman–Crippen MR) is 114 cm³/mol. The Morgan fingerprint density at radius 2 is 2.07 bits per heavy atom. The highest BCUT2D eigenvalue weighted by Gasteiger charge is 2.31. The van der Waals surface area contributed by atoms with Crippen molar-refractivity contribution >= 4 is 23.2 Å². The molecule has 0 saturated carbocycles. The Morgan fingerprint density at radius 1 is 1.24 bits per heavy atom. The van der Waals surface area contributed by atoms with E-state index in [2.05, 4.69) is 40.2 Å². The molecule has 3 aromatic rings. The number of ether oxygens (including phenoxy) is 1. The summed E-state index contributed by atoms with van der Waals surface area (Å²) in [5.74, 6) is 0.974. The lowest BCUT2D eigenvalue weighted by atomic mass is 9.86. The first-order valence-electron chi connectivity index (χ1n) is 9.48. The van der Waals surface area contributed by atoms with E-state index >= 15 is 0 Å². The second kappa shape index (κ2) is 7.61. The first-order chi connectivity index (χ1) is 13.9. The normalized spacial score (nSPS) is 14.5. The van der Waals surface area contributed by atoms with Crippen molar-refractivity contribution < 1.29 is 9.84 Å². The zero-order chi connectivity index (χ0) is 20.6. The molecule has 1 aromatic carbocycles. The Kier molecular flexibility index (Phi) is 5.15. The van der Waals surface area contributed by atoms with Gasteiger partial charge in [-0.3, -0.25) is 4.98 Å². The van der Waals surface area contributed by atoms with Crippen molar-refractivity contribution in [1.82, 2.24) is 15.0 Å². The van der Waals surface area contributed by atoms with E-state index in [4.69, 9.17) is 16.3 Å². The highest BCUT2D eigenvalue weighted by Crippen LogP contribution is 2.39. The van der Waals surface area contributed by atoms with Crippen LogP contribution >= 0.6 is 11.6 Å². The number of aliphatic hydroxyl groups is 1. The van der Waals surface area contributed by atoms with Gasteiger partial charge >= 0.3 is 0 Å². The molecule has 1 aliphatic rings. The molecule has 0 aliphatic heterocycles. The van der Waals surface area contributed by atoms with E-state index in [1.54, 1.807) is 25.4 Å². The van der Waals surface area contributed by atoms with Crippen LogP contribution in [-0.2, 0) is 18.4 Å². The fourth-order valence-electron chi connectivity index (χ4n) is 3.67. The largest absolute Gasteiger partial charge is 0.495 e. The monoisotopic (exact) mass is 410 g/mol. The number of pyridine rings is 1. The molecule has 2 N–H and O–H groups in total. The van der Waals surface area contributed by atoms with Crippen LogP contribution in [0.25, 0.3) is 11.3 Å². The fraction of sp³-hybridized carbons (Fsp3) is 0.318. The van der Waals surface area contributed by atoms with Gasteiger partial charge in [0.25, 0.3) is 0 Å². The van der Waals surface area contributed by atoms with Crippen molar-refractivity contribution in [3.05, 3.63) is 58.5 Å². The summed E-state index contributed by atoms with van der Waals surface area (Å²) in [6, 6.07) is 7.45. The topological polar surface area (TPSA) is 80.2 Å². The lowest BCUT2D eigenvalue weighted by Crippen LogP contribution is -2.12. The molecule has 2 aromatic heterocycles. The van der Waals surface area contributed by atoms with Gasteiger partial charge in [0.05, 0.1) is 25.1 Å². The molecule has 0 unspecified atom stereocenters. The van der Waals surface area contributed by atoms with Crippen LogP contribution in [0.15, 0.2) is 36.7 Å². The van der Waals surface area contributed by atoms with Gasteiger partial charge in [0.1, 0.15) is 5.75 Å². The molecule has 0 atom stereocenters. The summed E-state index contributed by atoms with van der Waals surface area (Å²) in [6.07, 6.45) is 5.71. The molecule has 0 amide bonds. The minimum Gasteiger partial charge on any atom is -0.495 e. The highest BCUT2D eigenvalue weighted by atomic mass is 35.5. The number of aromatic nitrogens is 3. The maximum Gasteiger partial charge on any atom is 0.227 e. The quantitative estimate of drug-likeness (QED) is 0.636. The molecular formula is C22H23ClN4O2. The van der Waals surface area contributed by atoms with Crippen molar-refractivity contribution in [3.8, 4) is 17.0 Å². The molecule has 0 radical (unpaired) electrons. The van der Waals surface area contributed by atoms with Crippen molar-refractivity contribution in [2.75, 3.05) is 12.4 Å². The minimum atomic E-state index is -0.164. The van der Waals surface area contributed by atoms with Crippen molar-refractivity contribution in [1.29, 1.82) is 0 Å². The van der Waals surface area contributed by atoms with Gasteiger partial charge in [0.2, 0.25) is 5.95 Å². The third-order valence-electron chi connectivity index (χ3n) is 5.42. The summed E-state index contributed by atoms with van der Waals surface area (Å²) in [4.78, 5) is 13.6. The Labute approximate surface area is 175 Å². The molecule has 1 aliphatic carbocycles. The van der Waals surface area contributed by atoms with E-state index in [9.17, 15) is 5.11 Å². The molecule has 150 valence electrons. The molecule has 2 heterocycles. The van der Waals surface area contributed by atoms with Crippen LogP contribution in [0.5, 0.6) is 5.75 Å². The number of benzene rings is 1. The van der Waals surface area contributed by atoms with E-state index in [0.29, 0.717) is 28.0 Å². The van der Waals surface area contributed by atoms with Crippen LogP contribution in [0.2, 0.25) is 5.02 Å². The van der Waals surface area contributed by atoms with E-state index in [0.717, 1.165) is 24.1 Å². The van der Waals surface area contributed by atoms with E-state index in [1.165, 1.54) is 11.3 Å². The van der Waals surface area contributed by atoms with Crippen LogP contribution in [0, 0.1) is 0 Å². The van der Waals surface area contributed by atoms with Gasteiger partial charge in [-0.05, 0) is 53.6 Å². The Bertz CT molecular complexity index is 1070. The van der Waals surface area contributed by atoms with Gasteiger partial charge in [0, 0.05) is 28.7 Å². The van der Waals surface area contributed by atoms with Gasteiger partial charge in [-0.1, -0.05) is 25.4 Å². The SMILES string of the molecule is COc1cc(CO)c(Cl)cc1Nc1nccc(-c2cnc3c(c2)C(C)(C)CC3)n1. The fourth-order valence-corrected chi connectivity index (χ4v) is 3.89. The summed E-state index contributed by atoms with van der Waals surface area (Å²) in [5.41, 5.74) is 5.56. The predicted octanol–water partition coefficient (Wildman–Crippen LogP) is 4.66. The summed E-state index contributed by atoms with van der Waals surface area (Å²) in [5, 5.41) is 13.0. The van der Waals surface area contributed by atoms with Crippen molar-refractivity contribution in [2.24, 2.45) is 0 Å². The van der Waals surface area contributed by atoms with Gasteiger partial charge in [-0.2, -0.15) is 0 Å². The lowest BCUT2D eigenvalue weighted by Gasteiger charge is -2.19. The molecule has 0 fully saturated rings. The molecule has 6 nitrogen and oxygen atoms in total. The van der Waals surface area contributed by atoms with Crippen molar-refractivity contribution in [3.63, 3.8) is 0 Å². The Morgan fingerprint density at radius 3 is 2.83 bits per heavy atom. The first kappa shape index (κ1) is 19.6. The number of hydrogen-bond acceptors (Lipinski definition) is 6. The summed E-state index contributed by atoms with van der Waals surface area (Å²) in [6.45, 7) is 4.34. The van der Waals surface area contributed by atoms with E-state index in [1.807, 2.05) is 12.3 Å². The third kappa shape index (κ3) is 3.78. The number of hydrogen-bond donors (Lipinski definition) is 2. The average Bonchev–Trinajstić information content (AvgIpc) is 3.03. The Hall–Kier alpha value is -2.70. The van der Waals surface area contributed by atoms with Gasteiger partial charge < -0.3 is 15.2 Å². The van der Waals surface area contributed by atoms with Crippen LogP contribution in [0.3, 0.4) is 0 Å². The summed E-state index contributed by atoms with van der Waals surface area (Å²) < 4.78 is 5.41. The number of methoxy groups -OCH3 is 1. The molecule has 29 heavy (non-hydrogen) atoms. The third-order valence-corrected chi connectivity index (χ3v) is 5.77. The minimum absolute atomic E-state index is 0.130. The number of aliphatic hydroxyl groups excluding tert-OH is 1. The van der Waals surface area contributed by atoms with Gasteiger partial charge in [-0.25, -0.2) is 9.97 Å². The number of rotatable bonds is 5. The van der Waals surface area contributed by atoms with Crippen LogP contribution in [0.4, 0.5) is 11.6 Å². The summed E-state index contributed by atoms with van der Waals surface area (Å²) >= 11 is 6.23. The Balaban J connectivity index is 1.67. The number of fused-ring (bicyclic) bond motifs is 1. The molecular weight excluding hydrogens is 388 g/mol. The molecule has 0 spiro atoms. The number of nitrogens with one attached hydrogen (secondary N) is 1. The van der Waals surface area contributed by atoms with E-state index < -0.39 is 0 Å². The highest BCUT2D eigenvalue weighted by molar-refractivity contribution is 6.31. The molecule has 0 saturated heterocycles. The smallest absolute Gasteiger partial charge is 0.227 e. The maximum atomic E-state index is 9.39. The van der Waals surface area contributed by atoms with Gasteiger partial charge in [0.15, 0.2) is 0 Å². The number of halogens is 1. The number of aryl methyl sites for hydroxylation is 1. The maximum absolute atomic E-state index is 9.39. The number of nitrogens with zero attached hydrogens (tertiary/aromatic N) is 3.